The van der Waals surface area contributed by atoms with Crippen LogP contribution in [0.2, 0.25) is 0 Å². The van der Waals surface area contributed by atoms with Gasteiger partial charge in [-0.25, -0.2) is 5.43 Å². The van der Waals surface area contributed by atoms with Crippen molar-refractivity contribution >= 4 is 11.0 Å². The summed E-state index contributed by atoms with van der Waals surface area (Å²) in [5.41, 5.74) is 4.78. The van der Waals surface area contributed by atoms with Gasteiger partial charge in [0.15, 0.2) is 0 Å². The Hall–Kier alpha value is -1.40. The molecule has 0 radical (unpaired) electrons. The van der Waals surface area contributed by atoms with Crippen molar-refractivity contribution in [2.24, 2.45) is 5.84 Å². The third-order valence-electron chi connectivity index (χ3n) is 3.46. The summed E-state index contributed by atoms with van der Waals surface area (Å²) in [5.74, 6) is 6.43. The quantitative estimate of drug-likeness (QED) is 0.650. The first-order valence-corrected chi connectivity index (χ1v) is 6.44. The number of para-hydroxylation sites is 1. The van der Waals surface area contributed by atoms with E-state index in [9.17, 15) is 0 Å². The molecule has 5 heteroatoms. The fourth-order valence-electron chi connectivity index (χ4n) is 2.45. The van der Waals surface area contributed by atoms with Crippen molar-refractivity contribution in [1.82, 2.24) is 5.43 Å². The van der Waals surface area contributed by atoms with Crippen LogP contribution in [0, 0.1) is 6.92 Å². The molecule has 2 heterocycles. The zero-order valence-electron chi connectivity index (χ0n) is 10.9. The summed E-state index contributed by atoms with van der Waals surface area (Å²) in [6, 6.07) is 7.88. The number of aryl methyl sites for hydroxylation is 1. The lowest BCUT2D eigenvalue weighted by molar-refractivity contribution is -0.104. The highest BCUT2D eigenvalue weighted by atomic mass is 16.6. The predicted octanol–water partition coefficient (Wildman–Crippen LogP) is 1.66. The Kier molecular flexibility index (Phi) is 3.52. The van der Waals surface area contributed by atoms with Gasteiger partial charge in [0, 0.05) is 5.39 Å². The maximum atomic E-state index is 5.93. The Balaban J connectivity index is 1.94. The van der Waals surface area contributed by atoms with E-state index < -0.39 is 0 Å². The van der Waals surface area contributed by atoms with Crippen molar-refractivity contribution in [3.63, 3.8) is 0 Å². The first-order valence-electron chi connectivity index (χ1n) is 6.44. The molecule has 102 valence electrons. The number of nitrogens with two attached hydrogens (primary N) is 1. The van der Waals surface area contributed by atoms with Gasteiger partial charge >= 0.3 is 0 Å². The van der Waals surface area contributed by atoms with Crippen molar-refractivity contribution in [2.45, 2.75) is 19.1 Å². The van der Waals surface area contributed by atoms with Gasteiger partial charge in [0.2, 0.25) is 0 Å². The molecule has 1 fully saturated rings. The van der Waals surface area contributed by atoms with Crippen molar-refractivity contribution in [3.8, 4) is 0 Å². The van der Waals surface area contributed by atoms with Crippen LogP contribution in [-0.2, 0) is 9.47 Å². The molecular weight excluding hydrogens is 244 g/mol. The number of nitrogens with one attached hydrogen (secondary N) is 1. The Labute approximate surface area is 111 Å². The molecule has 0 spiro atoms. The summed E-state index contributed by atoms with van der Waals surface area (Å²) in [7, 11) is 0. The van der Waals surface area contributed by atoms with Gasteiger partial charge in [0.05, 0.1) is 19.8 Å². The molecule has 1 aliphatic rings. The number of hydrogen-bond acceptors (Lipinski definition) is 5. The molecule has 3 N–H and O–H groups in total. The van der Waals surface area contributed by atoms with Gasteiger partial charge < -0.3 is 13.9 Å². The van der Waals surface area contributed by atoms with Crippen LogP contribution in [0.3, 0.4) is 0 Å². The Morgan fingerprint density at radius 1 is 1.37 bits per heavy atom. The molecule has 0 amide bonds. The van der Waals surface area contributed by atoms with Crippen LogP contribution in [0.25, 0.3) is 11.0 Å². The maximum absolute atomic E-state index is 5.93. The van der Waals surface area contributed by atoms with E-state index in [4.69, 9.17) is 19.7 Å². The third-order valence-corrected chi connectivity index (χ3v) is 3.46. The number of ether oxygens (including phenoxy) is 2. The summed E-state index contributed by atoms with van der Waals surface area (Å²) >= 11 is 0. The summed E-state index contributed by atoms with van der Waals surface area (Å²) in [5, 5.41) is 1.08. The highest BCUT2D eigenvalue weighted by molar-refractivity contribution is 5.81. The van der Waals surface area contributed by atoms with E-state index in [1.807, 2.05) is 31.2 Å². The molecule has 19 heavy (non-hydrogen) atoms. The average Bonchev–Trinajstić information content (AvgIpc) is 2.86. The van der Waals surface area contributed by atoms with E-state index in [-0.39, 0.29) is 12.1 Å². The minimum absolute atomic E-state index is 0.125. The molecular formula is C14H18N2O3. The zero-order valence-corrected chi connectivity index (χ0v) is 10.9. The zero-order chi connectivity index (χ0) is 13.2. The number of hydrogen-bond donors (Lipinski definition) is 2. The molecule has 2 atom stereocenters. The average molecular weight is 262 g/mol. The molecule has 5 nitrogen and oxygen atoms in total. The minimum atomic E-state index is -0.202. The van der Waals surface area contributed by atoms with Gasteiger partial charge in [0.1, 0.15) is 23.5 Å². The molecule has 1 aromatic carbocycles. The van der Waals surface area contributed by atoms with Gasteiger partial charge in [0.25, 0.3) is 0 Å². The Morgan fingerprint density at radius 2 is 2.26 bits per heavy atom. The van der Waals surface area contributed by atoms with Crippen molar-refractivity contribution in [2.75, 3.05) is 19.8 Å². The number of furan rings is 1. The first-order chi connectivity index (χ1) is 9.29. The largest absolute Gasteiger partial charge is 0.459 e. The highest BCUT2D eigenvalue weighted by Gasteiger charge is 2.28. The maximum Gasteiger partial charge on any atom is 0.137 e. The molecule has 1 aromatic heterocycles. The second kappa shape index (κ2) is 5.30. The van der Waals surface area contributed by atoms with E-state index in [2.05, 4.69) is 5.43 Å². The van der Waals surface area contributed by atoms with Gasteiger partial charge in [-0.15, -0.1) is 0 Å². The standard InChI is InChI=1S/C14H18N2O3/c1-9-3-2-4-10-7-11(19-14(9)10)13(16-15)12-8-17-5-6-18-12/h2-4,7,12-13,16H,5-6,8,15H2,1H3. The molecule has 0 aliphatic carbocycles. The van der Waals surface area contributed by atoms with E-state index in [0.717, 1.165) is 22.3 Å². The third kappa shape index (κ3) is 2.37. The minimum Gasteiger partial charge on any atom is -0.459 e. The van der Waals surface area contributed by atoms with Gasteiger partial charge in [-0.2, -0.15) is 0 Å². The van der Waals surface area contributed by atoms with Crippen LogP contribution in [0.15, 0.2) is 28.7 Å². The van der Waals surface area contributed by atoms with Crippen LogP contribution in [-0.4, -0.2) is 25.9 Å². The Morgan fingerprint density at radius 3 is 2.95 bits per heavy atom. The van der Waals surface area contributed by atoms with Crippen molar-refractivity contribution in [1.29, 1.82) is 0 Å². The van der Waals surface area contributed by atoms with Crippen LogP contribution >= 0.6 is 0 Å². The number of benzene rings is 1. The SMILES string of the molecule is Cc1cccc2cc(C(NN)C3COCCO3)oc12. The molecule has 0 bridgehead atoms. The predicted molar refractivity (Wildman–Crippen MR) is 71.6 cm³/mol. The second-order valence-electron chi connectivity index (χ2n) is 4.77. The van der Waals surface area contributed by atoms with Gasteiger partial charge in [-0.05, 0) is 18.6 Å². The van der Waals surface area contributed by atoms with E-state index in [1.165, 1.54) is 0 Å². The normalized spacial score (nSPS) is 21.7. The summed E-state index contributed by atoms with van der Waals surface area (Å²) in [6.45, 7) is 3.76. The smallest absolute Gasteiger partial charge is 0.137 e. The number of fused-ring (bicyclic) bond motifs is 1. The lowest BCUT2D eigenvalue weighted by Crippen LogP contribution is -2.43. The lowest BCUT2D eigenvalue weighted by atomic mass is 10.1. The summed E-state index contributed by atoms with van der Waals surface area (Å²) in [6.07, 6.45) is -0.125. The molecule has 1 saturated heterocycles. The van der Waals surface area contributed by atoms with E-state index in [1.54, 1.807) is 0 Å². The van der Waals surface area contributed by atoms with Crippen LogP contribution in [0.4, 0.5) is 0 Å². The highest BCUT2D eigenvalue weighted by Crippen LogP contribution is 2.29. The van der Waals surface area contributed by atoms with Crippen molar-refractivity contribution in [3.05, 3.63) is 35.6 Å². The fourth-order valence-corrected chi connectivity index (χ4v) is 2.45. The first kappa shape index (κ1) is 12.6. The molecule has 2 aromatic rings. The number of hydrazine groups is 1. The van der Waals surface area contributed by atoms with Crippen LogP contribution in [0.1, 0.15) is 17.4 Å². The van der Waals surface area contributed by atoms with Crippen molar-refractivity contribution < 1.29 is 13.9 Å². The lowest BCUT2D eigenvalue weighted by Gasteiger charge is -2.28. The fraction of sp³-hybridized carbons (Fsp3) is 0.429. The van der Waals surface area contributed by atoms with E-state index in [0.29, 0.717) is 19.8 Å². The molecule has 2 unspecified atom stereocenters. The van der Waals surface area contributed by atoms with Crippen LogP contribution < -0.4 is 11.3 Å². The molecule has 1 aliphatic heterocycles. The van der Waals surface area contributed by atoms with Gasteiger partial charge in [-0.1, -0.05) is 18.2 Å². The molecule has 0 saturated carbocycles. The topological polar surface area (TPSA) is 69.7 Å². The van der Waals surface area contributed by atoms with E-state index >= 15 is 0 Å². The summed E-state index contributed by atoms with van der Waals surface area (Å²) < 4.78 is 17.0. The second-order valence-corrected chi connectivity index (χ2v) is 4.77. The monoisotopic (exact) mass is 262 g/mol. The molecule has 3 rings (SSSR count). The van der Waals surface area contributed by atoms with Crippen LogP contribution in [0.5, 0.6) is 0 Å². The summed E-state index contributed by atoms with van der Waals surface area (Å²) in [4.78, 5) is 0. The van der Waals surface area contributed by atoms with Gasteiger partial charge in [-0.3, -0.25) is 5.84 Å². The Bertz CT molecular complexity index is 561. The number of rotatable bonds is 3.